The number of hydrogen-bond donors (Lipinski definition) is 1. The van der Waals surface area contributed by atoms with E-state index in [-0.39, 0.29) is 0 Å². The highest BCUT2D eigenvalue weighted by molar-refractivity contribution is 5.59. The first kappa shape index (κ1) is 7.03. The molecule has 0 bridgehead atoms. The molecule has 1 aliphatic heterocycles. The molecule has 0 radical (unpaired) electrons. The van der Waals surface area contributed by atoms with Gasteiger partial charge in [-0.2, -0.15) is 0 Å². The van der Waals surface area contributed by atoms with E-state index in [1.165, 1.54) is 0 Å². The van der Waals surface area contributed by atoms with Gasteiger partial charge in [-0.05, 0) is 12.1 Å². The van der Waals surface area contributed by atoms with Gasteiger partial charge < -0.3 is 5.32 Å². The molecule has 0 aromatic heterocycles. The topological polar surface area (TPSA) is 37.8 Å². The molecular weight excluding hydrogens is 150 g/mol. The first-order valence-corrected chi connectivity index (χ1v) is 3.81. The summed E-state index contributed by atoms with van der Waals surface area (Å²) in [7, 11) is 1.81. The third-order valence-electron chi connectivity index (χ3n) is 1.67. The van der Waals surface area contributed by atoms with Crippen LogP contribution in [-0.4, -0.2) is 17.0 Å². The zero-order valence-electron chi connectivity index (χ0n) is 6.78. The molecule has 0 aromatic carbocycles. The predicted molar refractivity (Wildman–Crippen MR) is 48.2 cm³/mol. The van der Waals surface area contributed by atoms with Crippen LogP contribution in [0.4, 0.5) is 5.95 Å². The highest BCUT2D eigenvalue weighted by Gasteiger charge is 2.05. The first-order valence-electron chi connectivity index (χ1n) is 3.81. The molecule has 2 aliphatic rings. The summed E-state index contributed by atoms with van der Waals surface area (Å²) < 4.78 is 0. The minimum atomic E-state index is 0.677. The number of rotatable bonds is 1. The van der Waals surface area contributed by atoms with E-state index < -0.39 is 0 Å². The van der Waals surface area contributed by atoms with Gasteiger partial charge in [-0.3, -0.25) is 0 Å². The standard InChI is InChI=1S/C9H9N3/c1-10-9-11-7-5-3-2-4-6-8(7)12-9/h2-6H,1H3,(H,10,11,12). The van der Waals surface area contributed by atoms with Crippen LogP contribution in [0.15, 0.2) is 30.3 Å². The van der Waals surface area contributed by atoms with Crippen molar-refractivity contribution >= 4 is 5.95 Å². The lowest BCUT2D eigenvalue weighted by Crippen LogP contribution is -1.87. The average molecular weight is 159 g/mol. The molecule has 0 spiro atoms. The zero-order chi connectivity index (χ0) is 8.39. The van der Waals surface area contributed by atoms with Crippen LogP contribution in [0.2, 0.25) is 0 Å². The van der Waals surface area contributed by atoms with Gasteiger partial charge in [-0.25, -0.2) is 9.97 Å². The van der Waals surface area contributed by atoms with Gasteiger partial charge in [-0.1, -0.05) is 18.2 Å². The van der Waals surface area contributed by atoms with Crippen molar-refractivity contribution in [2.45, 2.75) is 0 Å². The molecule has 0 atom stereocenters. The van der Waals surface area contributed by atoms with E-state index >= 15 is 0 Å². The van der Waals surface area contributed by atoms with Crippen LogP contribution in [0.3, 0.4) is 0 Å². The molecular formula is C9H9N3. The molecule has 1 heterocycles. The fourth-order valence-electron chi connectivity index (χ4n) is 1.08. The second-order valence-corrected chi connectivity index (χ2v) is 2.48. The van der Waals surface area contributed by atoms with Crippen LogP contribution in [0.5, 0.6) is 0 Å². The maximum atomic E-state index is 4.25. The summed E-state index contributed by atoms with van der Waals surface area (Å²) in [6.45, 7) is 0. The van der Waals surface area contributed by atoms with E-state index in [4.69, 9.17) is 0 Å². The second kappa shape index (κ2) is 2.77. The number of imidazole rings is 1. The van der Waals surface area contributed by atoms with Crippen LogP contribution in [0, 0.1) is 0 Å². The lowest BCUT2D eigenvalue weighted by atomic mass is 10.3. The average Bonchev–Trinajstić information content (AvgIpc) is 2.37. The van der Waals surface area contributed by atoms with Crippen molar-refractivity contribution in [3.8, 4) is 11.4 Å². The van der Waals surface area contributed by atoms with E-state index in [9.17, 15) is 0 Å². The Bertz CT molecular complexity index is 328. The number of hydrogen-bond acceptors (Lipinski definition) is 3. The Morgan fingerprint density at radius 3 is 2.08 bits per heavy atom. The van der Waals surface area contributed by atoms with Crippen molar-refractivity contribution in [2.75, 3.05) is 12.4 Å². The Balaban J connectivity index is 2.61. The Kier molecular flexibility index (Phi) is 1.63. The van der Waals surface area contributed by atoms with E-state index in [1.807, 2.05) is 37.4 Å². The highest BCUT2D eigenvalue weighted by atomic mass is 15.1. The van der Waals surface area contributed by atoms with Crippen molar-refractivity contribution in [1.29, 1.82) is 0 Å². The van der Waals surface area contributed by atoms with E-state index in [0.29, 0.717) is 5.95 Å². The van der Waals surface area contributed by atoms with Crippen LogP contribution in [0.25, 0.3) is 11.4 Å². The molecule has 1 N–H and O–H groups in total. The largest absolute Gasteiger partial charge is 0.357 e. The fourth-order valence-corrected chi connectivity index (χ4v) is 1.08. The highest BCUT2D eigenvalue weighted by Crippen LogP contribution is 2.18. The normalized spacial score (nSPS) is 10.1. The molecule has 60 valence electrons. The van der Waals surface area contributed by atoms with Gasteiger partial charge in [0.05, 0.1) is 11.4 Å². The molecule has 0 fully saturated rings. The summed E-state index contributed by atoms with van der Waals surface area (Å²) >= 11 is 0. The van der Waals surface area contributed by atoms with Crippen LogP contribution >= 0.6 is 0 Å². The number of aromatic nitrogens is 2. The predicted octanol–water partition coefficient (Wildman–Crippen LogP) is 1.62. The van der Waals surface area contributed by atoms with Crippen molar-refractivity contribution in [2.24, 2.45) is 0 Å². The Morgan fingerprint density at radius 2 is 1.58 bits per heavy atom. The molecule has 0 unspecified atom stereocenters. The monoisotopic (exact) mass is 159 g/mol. The third kappa shape index (κ3) is 1.09. The van der Waals surface area contributed by atoms with Gasteiger partial charge in [0.1, 0.15) is 0 Å². The molecule has 3 heteroatoms. The maximum Gasteiger partial charge on any atom is 0.223 e. The lowest BCUT2D eigenvalue weighted by molar-refractivity contribution is 1.27. The quantitative estimate of drug-likeness (QED) is 0.687. The van der Waals surface area contributed by atoms with Gasteiger partial charge in [0.15, 0.2) is 0 Å². The summed E-state index contributed by atoms with van der Waals surface area (Å²) in [6.07, 6.45) is 0. The van der Waals surface area contributed by atoms with Crippen molar-refractivity contribution in [3.05, 3.63) is 30.3 Å². The summed E-state index contributed by atoms with van der Waals surface area (Å²) in [5.41, 5.74) is 1.84. The van der Waals surface area contributed by atoms with Gasteiger partial charge in [-0.15, -0.1) is 0 Å². The summed E-state index contributed by atoms with van der Waals surface area (Å²) in [4.78, 5) is 8.50. The summed E-state index contributed by atoms with van der Waals surface area (Å²) in [5.74, 6) is 0.677. The fraction of sp³-hybridized carbons (Fsp3) is 0.111. The van der Waals surface area contributed by atoms with E-state index in [2.05, 4.69) is 15.3 Å². The minimum Gasteiger partial charge on any atom is -0.357 e. The number of nitrogens with one attached hydrogen (secondary N) is 1. The number of nitrogens with zero attached hydrogens (tertiary/aromatic N) is 2. The summed E-state index contributed by atoms with van der Waals surface area (Å²) in [6, 6.07) is 9.77. The molecule has 1 aliphatic carbocycles. The molecule has 0 amide bonds. The Labute approximate surface area is 70.8 Å². The lowest BCUT2D eigenvalue weighted by Gasteiger charge is -1.84. The van der Waals surface area contributed by atoms with Gasteiger partial charge in [0.25, 0.3) is 0 Å². The van der Waals surface area contributed by atoms with Gasteiger partial charge in [0, 0.05) is 7.05 Å². The molecule has 3 nitrogen and oxygen atoms in total. The van der Waals surface area contributed by atoms with Crippen molar-refractivity contribution in [1.82, 2.24) is 9.97 Å². The molecule has 0 saturated carbocycles. The van der Waals surface area contributed by atoms with Gasteiger partial charge >= 0.3 is 0 Å². The Hall–Kier alpha value is -1.64. The number of fused-ring (bicyclic) bond motifs is 1. The molecule has 0 saturated heterocycles. The zero-order valence-corrected chi connectivity index (χ0v) is 6.78. The Morgan fingerprint density at radius 1 is 1.00 bits per heavy atom. The van der Waals surface area contributed by atoms with Crippen molar-refractivity contribution in [3.63, 3.8) is 0 Å². The maximum absolute atomic E-state index is 4.25. The SMILES string of the molecule is CNc1nc2cccccc-2n1. The first-order chi connectivity index (χ1) is 5.90. The van der Waals surface area contributed by atoms with E-state index in [0.717, 1.165) is 11.4 Å². The smallest absolute Gasteiger partial charge is 0.223 e. The van der Waals surface area contributed by atoms with Crippen LogP contribution < -0.4 is 5.32 Å². The third-order valence-corrected chi connectivity index (χ3v) is 1.67. The molecule has 2 rings (SSSR count). The summed E-state index contributed by atoms with van der Waals surface area (Å²) in [5, 5.41) is 2.90. The minimum absolute atomic E-state index is 0.677. The molecule has 0 aromatic rings. The second-order valence-electron chi connectivity index (χ2n) is 2.48. The van der Waals surface area contributed by atoms with Gasteiger partial charge in [0.2, 0.25) is 5.95 Å². The molecule has 12 heavy (non-hydrogen) atoms. The van der Waals surface area contributed by atoms with E-state index in [1.54, 1.807) is 0 Å². The number of anilines is 1. The van der Waals surface area contributed by atoms with Crippen LogP contribution in [-0.2, 0) is 0 Å². The van der Waals surface area contributed by atoms with Crippen molar-refractivity contribution < 1.29 is 0 Å². The van der Waals surface area contributed by atoms with Crippen LogP contribution in [0.1, 0.15) is 0 Å².